The van der Waals surface area contributed by atoms with E-state index < -0.39 is 0 Å². The van der Waals surface area contributed by atoms with E-state index in [0.29, 0.717) is 0 Å². The number of furan rings is 1. The molecule has 1 aliphatic rings. The van der Waals surface area contributed by atoms with Crippen LogP contribution < -0.4 is 4.74 Å². The lowest BCUT2D eigenvalue weighted by molar-refractivity contribution is 0.487. The Balaban J connectivity index is 1.10. The second-order valence-electron chi connectivity index (χ2n) is 11.3. The quantitative estimate of drug-likeness (QED) is 0.208. The lowest BCUT2D eigenvalue weighted by Gasteiger charge is -2.21. The summed E-state index contributed by atoms with van der Waals surface area (Å²) >= 11 is 1.85. The second-order valence-corrected chi connectivity index (χ2v) is 12.4. The van der Waals surface area contributed by atoms with E-state index in [9.17, 15) is 0 Å². The molecule has 0 saturated carbocycles. The Morgan fingerprint density at radius 2 is 1.12 bits per heavy atom. The molecule has 43 heavy (non-hydrogen) atoms. The lowest BCUT2D eigenvalue weighted by Crippen LogP contribution is -1.97. The first-order chi connectivity index (χ1) is 21.3. The fourth-order valence-electron chi connectivity index (χ4n) is 6.88. The Hall–Kier alpha value is -5.38. The highest BCUT2D eigenvalue weighted by atomic mass is 32.1. The van der Waals surface area contributed by atoms with Crippen molar-refractivity contribution < 1.29 is 9.15 Å². The van der Waals surface area contributed by atoms with Crippen molar-refractivity contribution >= 4 is 64.2 Å². The van der Waals surface area contributed by atoms with Gasteiger partial charge >= 0.3 is 0 Å². The van der Waals surface area contributed by atoms with E-state index in [0.717, 1.165) is 50.1 Å². The third kappa shape index (κ3) is 3.34. The maximum absolute atomic E-state index is 6.54. The summed E-state index contributed by atoms with van der Waals surface area (Å²) < 4.78 is 15.5. The van der Waals surface area contributed by atoms with Gasteiger partial charge in [-0.3, -0.25) is 0 Å². The lowest BCUT2D eigenvalue weighted by atomic mass is 9.92. The van der Waals surface area contributed by atoms with Crippen LogP contribution in [0.25, 0.3) is 86.3 Å². The number of rotatable bonds is 2. The van der Waals surface area contributed by atoms with Crippen molar-refractivity contribution in [2.75, 3.05) is 0 Å². The molecule has 0 radical (unpaired) electrons. The van der Waals surface area contributed by atoms with Crippen molar-refractivity contribution in [2.45, 2.75) is 0 Å². The maximum atomic E-state index is 6.54. The Morgan fingerprint density at radius 3 is 2.02 bits per heavy atom. The average molecular weight is 567 g/mol. The van der Waals surface area contributed by atoms with Crippen LogP contribution in [0.5, 0.6) is 11.5 Å². The predicted octanol–water partition coefficient (Wildman–Crippen LogP) is 12.2. The molecule has 0 fully saturated rings. The van der Waals surface area contributed by atoms with Crippen LogP contribution in [0, 0.1) is 0 Å². The molecule has 0 unspecified atom stereocenters. The number of hydrogen-bond donors (Lipinski definition) is 0. The van der Waals surface area contributed by atoms with Gasteiger partial charge in [0.15, 0.2) is 0 Å². The monoisotopic (exact) mass is 566 g/mol. The van der Waals surface area contributed by atoms with Crippen LogP contribution in [0.15, 0.2) is 138 Å². The van der Waals surface area contributed by atoms with Crippen molar-refractivity contribution in [1.82, 2.24) is 0 Å². The Labute approximate surface area is 251 Å². The molecule has 0 aliphatic carbocycles. The van der Waals surface area contributed by atoms with Crippen LogP contribution in [0.4, 0.5) is 0 Å². The van der Waals surface area contributed by atoms with Crippen LogP contribution in [-0.4, -0.2) is 0 Å². The van der Waals surface area contributed by atoms with E-state index in [1.807, 2.05) is 17.4 Å². The highest BCUT2D eigenvalue weighted by Crippen LogP contribution is 2.48. The zero-order valence-electron chi connectivity index (χ0n) is 22.9. The van der Waals surface area contributed by atoms with Crippen molar-refractivity contribution in [2.24, 2.45) is 0 Å². The highest BCUT2D eigenvalue weighted by Gasteiger charge is 2.21. The maximum Gasteiger partial charge on any atom is 0.136 e. The normalized spacial score (nSPS) is 12.4. The standard InChI is InChI=1S/C40H22O2S/c1-2-12-37-31(8-1)40-27(9-5-13-38(40)43-37)26-15-18-29-28-17-14-25(21-35(28)42-36(29)22-26)24-16-19-33-32(20-24)30-10-3-6-23-7-4-11-34(41-33)39(23)30/h1-22H. The zero-order valence-corrected chi connectivity index (χ0v) is 23.7. The van der Waals surface area contributed by atoms with E-state index in [2.05, 4.69) is 127 Å². The minimum atomic E-state index is 0.890. The number of thiophene rings is 1. The van der Waals surface area contributed by atoms with E-state index in [1.54, 1.807) is 0 Å². The predicted molar refractivity (Wildman–Crippen MR) is 180 cm³/mol. The fraction of sp³-hybridized carbons (Fsp3) is 0. The van der Waals surface area contributed by atoms with Gasteiger partial charge in [0, 0.05) is 41.9 Å². The van der Waals surface area contributed by atoms with Crippen molar-refractivity contribution in [3.63, 3.8) is 0 Å². The minimum absolute atomic E-state index is 0.890. The van der Waals surface area contributed by atoms with Gasteiger partial charge in [-0.1, -0.05) is 78.9 Å². The number of fused-ring (bicyclic) bond motifs is 8. The van der Waals surface area contributed by atoms with Gasteiger partial charge in [-0.25, -0.2) is 0 Å². The summed E-state index contributed by atoms with van der Waals surface area (Å²) in [4.78, 5) is 0. The highest BCUT2D eigenvalue weighted by molar-refractivity contribution is 7.25. The first-order valence-electron chi connectivity index (χ1n) is 14.5. The minimum Gasteiger partial charge on any atom is -0.456 e. The van der Waals surface area contributed by atoms with E-state index in [1.165, 1.54) is 47.6 Å². The summed E-state index contributed by atoms with van der Waals surface area (Å²) in [5, 5.41) is 7.25. The van der Waals surface area contributed by atoms with Crippen molar-refractivity contribution in [3.05, 3.63) is 133 Å². The third-order valence-electron chi connectivity index (χ3n) is 8.88. The Kier molecular flexibility index (Phi) is 4.63. The first kappa shape index (κ1) is 23.2. The Bertz CT molecular complexity index is 2600. The molecule has 200 valence electrons. The van der Waals surface area contributed by atoms with Gasteiger partial charge in [-0.05, 0) is 87.8 Å². The molecule has 0 N–H and O–H groups in total. The van der Waals surface area contributed by atoms with Crippen LogP contribution in [0.2, 0.25) is 0 Å². The summed E-state index contributed by atoms with van der Waals surface area (Å²) in [6.07, 6.45) is 0. The SMILES string of the molecule is c1cc2c3c(cccc3c1)-c1cc(-c3ccc4c(c3)oc3cc(-c5cccc6sc7ccccc7c56)ccc34)ccc1O2. The summed E-state index contributed by atoms with van der Waals surface area (Å²) in [6, 6.07) is 47.6. The molecule has 3 heteroatoms. The third-order valence-corrected chi connectivity index (χ3v) is 10.0. The zero-order chi connectivity index (χ0) is 28.1. The van der Waals surface area contributed by atoms with Crippen molar-refractivity contribution in [1.29, 1.82) is 0 Å². The summed E-state index contributed by atoms with van der Waals surface area (Å²) in [5.74, 6) is 1.81. The Morgan fingerprint density at radius 1 is 0.419 bits per heavy atom. The summed E-state index contributed by atoms with van der Waals surface area (Å²) in [5.41, 5.74) is 8.80. The van der Waals surface area contributed by atoms with E-state index in [4.69, 9.17) is 9.15 Å². The van der Waals surface area contributed by atoms with Gasteiger partial charge in [0.05, 0.1) is 0 Å². The van der Waals surface area contributed by atoms with Gasteiger partial charge in [0.25, 0.3) is 0 Å². The van der Waals surface area contributed by atoms with E-state index >= 15 is 0 Å². The molecule has 2 nitrogen and oxygen atoms in total. The molecule has 0 bridgehead atoms. The van der Waals surface area contributed by atoms with Crippen molar-refractivity contribution in [3.8, 4) is 44.9 Å². The molecule has 0 spiro atoms. The molecular formula is C40H22O2S. The largest absolute Gasteiger partial charge is 0.456 e. The average Bonchev–Trinajstić information content (AvgIpc) is 3.62. The molecular weight excluding hydrogens is 545 g/mol. The molecule has 0 atom stereocenters. The number of benzene rings is 7. The van der Waals surface area contributed by atoms with Gasteiger partial charge in [-0.2, -0.15) is 0 Å². The van der Waals surface area contributed by atoms with E-state index in [-0.39, 0.29) is 0 Å². The van der Waals surface area contributed by atoms with Crippen LogP contribution in [0.3, 0.4) is 0 Å². The molecule has 1 aliphatic heterocycles. The number of ether oxygens (including phenoxy) is 1. The molecule has 0 amide bonds. The topological polar surface area (TPSA) is 22.4 Å². The van der Waals surface area contributed by atoms with Gasteiger partial charge in [-0.15, -0.1) is 11.3 Å². The van der Waals surface area contributed by atoms with Crippen LogP contribution >= 0.6 is 11.3 Å². The van der Waals surface area contributed by atoms with Gasteiger partial charge in [0.1, 0.15) is 22.7 Å². The fourth-order valence-corrected chi connectivity index (χ4v) is 8.02. The smallest absolute Gasteiger partial charge is 0.136 e. The molecule has 7 aromatic carbocycles. The van der Waals surface area contributed by atoms with Crippen LogP contribution in [0.1, 0.15) is 0 Å². The molecule has 0 saturated heterocycles. The van der Waals surface area contributed by atoms with Gasteiger partial charge in [0.2, 0.25) is 0 Å². The summed E-state index contributed by atoms with van der Waals surface area (Å²) in [6.45, 7) is 0. The molecule has 2 aromatic heterocycles. The van der Waals surface area contributed by atoms with Crippen LogP contribution in [-0.2, 0) is 0 Å². The summed E-state index contributed by atoms with van der Waals surface area (Å²) in [7, 11) is 0. The number of hydrogen-bond acceptors (Lipinski definition) is 3. The second kappa shape index (κ2) is 8.57. The first-order valence-corrected chi connectivity index (χ1v) is 15.3. The molecule has 10 rings (SSSR count). The van der Waals surface area contributed by atoms with Gasteiger partial charge < -0.3 is 9.15 Å². The molecule has 9 aromatic rings. The molecule has 3 heterocycles.